The zero-order valence-corrected chi connectivity index (χ0v) is 19.4. The third-order valence-corrected chi connectivity index (χ3v) is 5.90. The van der Waals surface area contributed by atoms with Crippen LogP contribution in [0.4, 0.5) is 16.3 Å². The van der Waals surface area contributed by atoms with Crippen LogP contribution in [0.1, 0.15) is 46.0 Å². The number of urea groups is 1. The Bertz CT molecular complexity index is 938. The van der Waals surface area contributed by atoms with Crippen molar-refractivity contribution in [2.45, 2.75) is 64.1 Å². The van der Waals surface area contributed by atoms with Crippen molar-refractivity contribution in [3.63, 3.8) is 0 Å². The topological polar surface area (TPSA) is 107 Å². The Hall–Kier alpha value is -3.03. The van der Waals surface area contributed by atoms with E-state index < -0.39 is 18.0 Å². The Morgan fingerprint density at radius 3 is 2.41 bits per heavy atom. The second-order valence-electron chi connectivity index (χ2n) is 9.27. The van der Waals surface area contributed by atoms with Gasteiger partial charge in [0.1, 0.15) is 11.9 Å². The fourth-order valence-electron chi connectivity index (χ4n) is 4.27. The fraction of sp³-hybridized carbons (Fsp3) is 0.542. The van der Waals surface area contributed by atoms with E-state index in [9.17, 15) is 14.7 Å². The van der Waals surface area contributed by atoms with Crippen LogP contribution in [-0.2, 0) is 4.79 Å². The lowest BCUT2D eigenvalue weighted by molar-refractivity contribution is -0.139. The first-order valence-corrected chi connectivity index (χ1v) is 11.4. The number of carbonyl (C=O) groups is 2. The summed E-state index contributed by atoms with van der Waals surface area (Å²) in [5, 5.41) is 19.5. The summed E-state index contributed by atoms with van der Waals surface area (Å²) in [6.07, 6.45) is 3.89. The number of rotatable bonds is 8. The van der Waals surface area contributed by atoms with Crippen LogP contribution in [0.5, 0.6) is 0 Å². The lowest BCUT2D eigenvalue weighted by atomic mass is 9.91. The molecule has 8 nitrogen and oxygen atoms in total. The van der Waals surface area contributed by atoms with Crippen LogP contribution in [-0.4, -0.2) is 54.3 Å². The number of aliphatic carboxylic acids is 1. The Morgan fingerprint density at radius 2 is 1.78 bits per heavy atom. The molecular formula is C24H35N5O3. The molecule has 2 aromatic rings. The summed E-state index contributed by atoms with van der Waals surface area (Å²) in [5.41, 5.74) is 2.09. The van der Waals surface area contributed by atoms with E-state index in [0.29, 0.717) is 6.42 Å². The summed E-state index contributed by atoms with van der Waals surface area (Å²) in [4.78, 5) is 30.5. The van der Waals surface area contributed by atoms with Crippen LogP contribution < -0.4 is 20.9 Å². The van der Waals surface area contributed by atoms with E-state index in [1.165, 1.54) is 0 Å². The van der Waals surface area contributed by atoms with Gasteiger partial charge in [0.25, 0.3) is 0 Å². The van der Waals surface area contributed by atoms with Crippen molar-refractivity contribution < 1.29 is 14.7 Å². The molecule has 2 amide bonds. The molecule has 32 heavy (non-hydrogen) atoms. The number of carboxylic acids is 1. The number of para-hydroxylation sites is 1. The molecule has 4 N–H and O–H groups in total. The van der Waals surface area contributed by atoms with Crippen LogP contribution in [0.15, 0.2) is 30.3 Å². The predicted octanol–water partition coefficient (Wildman–Crippen LogP) is 3.82. The summed E-state index contributed by atoms with van der Waals surface area (Å²) in [6.45, 7) is 3.88. The SMILES string of the molecule is CC(C)CC(NC(=O)N[C@H]1CC[C@@H](Nc2cc(N(C)C)c3ccccc3n2)CC1)C(=O)O. The minimum Gasteiger partial charge on any atom is -0.480 e. The average Bonchev–Trinajstić information content (AvgIpc) is 2.73. The van der Waals surface area contributed by atoms with Gasteiger partial charge in [-0.3, -0.25) is 0 Å². The number of anilines is 2. The number of hydrogen-bond acceptors (Lipinski definition) is 5. The maximum absolute atomic E-state index is 12.3. The van der Waals surface area contributed by atoms with Gasteiger partial charge >= 0.3 is 12.0 Å². The predicted molar refractivity (Wildman–Crippen MR) is 128 cm³/mol. The summed E-state index contributed by atoms with van der Waals surface area (Å²) >= 11 is 0. The van der Waals surface area contributed by atoms with E-state index in [4.69, 9.17) is 4.98 Å². The molecule has 0 bridgehead atoms. The fourth-order valence-corrected chi connectivity index (χ4v) is 4.27. The van der Waals surface area contributed by atoms with Gasteiger partial charge in [-0.25, -0.2) is 14.6 Å². The molecule has 1 fully saturated rings. The van der Waals surface area contributed by atoms with E-state index in [2.05, 4.69) is 33.0 Å². The molecule has 0 aliphatic heterocycles. The van der Waals surface area contributed by atoms with Gasteiger partial charge in [0.15, 0.2) is 0 Å². The second-order valence-corrected chi connectivity index (χ2v) is 9.27. The molecule has 0 radical (unpaired) electrons. The first-order chi connectivity index (χ1) is 15.2. The highest BCUT2D eigenvalue weighted by atomic mass is 16.4. The lowest BCUT2D eigenvalue weighted by Gasteiger charge is -2.30. The molecule has 1 aromatic heterocycles. The van der Waals surface area contributed by atoms with E-state index in [1.54, 1.807) is 0 Å². The molecular weight excluding hydrogens is 406 g/mol. The molecule has 8 heteroatoms. The number of nitrogens with zero attached hydrogens (tertiary/aromatic N) is 2. The minimum atomic E-state index is -0.998. The standard InChI is InChI=1S/C24H35N5O3/c1-15(2)13-20(23(30)31)28-24(32)26-17-11-9-16(10-12-17)25-22-14-21(29(3)4)18-7-5-6-8-19(18)27-22/h5-8,14-17,20H,9-13H2,1-4H3,(H,25,27)(H,30,31)(H2,26,28,32)/t16-,17+,20?. The zero-order valence-electron chi connectivity index (χ0n) is 19.4. The summed E-state index contributed by atoms with van der Waals surface area (Å²) in [7, 11) is 4.06. The van der Waals surface area contributed by atoms with Gasteiger partial charge in [0.05, 0.1) is 5.52 Å². The van der Waals surface area contributed by atoms with E-state index in [1.807, 2.05) is 46.1 Å². The molecule has 0 spiro atoms. The van der Waals surface area contributed by atoms with Gasteiger partial charge in [-0.2, -0.15) is 0 Å². The monoisotopic (exact) mass is 441 g/mol. The zero-order chi connectivity index (χ0) is 23.3. The maximum Gasteiger partial charge on any atom is 0.326 e. The number of pyridine rings is 1. The number of amides is 2. The van der Waals surface area contributed by atoms with E-state index in [-0.39, 0.29) is 18.0 Å². The highest BCUT2D eigenvalue weighted by Gasteiger charge is 2.25. The number of carboxylic acid groups (broad SMARTS) is 1. The minimum absolute atomic E-state index is 0.0449. The van der Waals surface area contributed by atoms with Gasteiger partial charge in [0, 0.05) is 43.3 Å². The van der Waals surface area contributed by atoms with Gasteiger partial charge in [0.2, 0.25) is 0 Å². The maximum atomic E-state index is 12.3. The molecule has 1 aromatic carbocycles. The molecule has 1 aliphatic rings. The highest BCUT2D eigenvalue weighted by Crippen LogP contribution is 2.29. The number of aromatic nitrogens is 1. The van der Waals surface area contributed by atoms with Crippen molar-refractivity contribution in [3.05, 3.63) is 30.3 Å². The summed E-state index contributed by atoms with van der Waals surface area (Å²) in [6, 6.07) is 9.28. The van der Waals surface area contributed by atoms with Crippen LogP contribution in [0, 0.1) is 5.92 Å². The van der Waals surface area contributed by atoms with Crippen molar-refractivity contribution in [1.29, 1.82) is 0 Å². The largest absolute Gasteiger partial charge is 0.480 e. The number of benzene rings is 1. The molecule has 3 rings (SSSR count). The third kappa shape index (κ3) is 6.24. The molecule has 174 valence electrons. The van der Waals surface area contributed by atoms with Gasteiger partial charge in [-0.1, -0.05) is 32.0 Å². The smallest absolute Gasteiger partial charge is 0.326 e. The first-order valence-electron chi connectivity index (χ1n) is 11.4. The number of carbonyl (C=O) groups excluding carboxylic acids is 1. The number of hydrogen-bond donors (Lipinski definition) is 4. The van der Waals surface area contributed by atoms with Crippen molar-refractivity contribution in [1.82, 2.24) is 15.6 Å². The molecule has 1 unspecified atom stereocenters. The first kappa shape index (κ1) is 23.6. The van der Waals surface area contributed by atoms with Gasteiger partial charge in [-0.15, -0.1) is 0 Å². The molecule has 1 heterocycles. The Kier molecular flexibility index (Phi) is 7.77. The normalized spacial score (nSPS) is 19.4. The van der Waals surface area contributed by atoms with Gasteiger partial charge < -0.3 is 26.0 Å². The van der Waals surface area contributed by atoms with Crippen molar-refractivity contribution in [3.8, 4) is 0 Å². The second kappa shape index (κ2) is 10.5. The summed E-state index contributed by atoms with van der Waals surface area (Å²) < 4.78 is 0. The number of fused-ring (bicyclic) bond motifs is 1. The van der Waals surface area contributed by atoms with Crippen molar-refractivity contribution in [2.24, 2.45) is 5.92 Å². The average molecular weight is 442 g/mol. The molecule has 1 atom stereocenters. The van der Waals surface area contributed by atoms with Crippen molar-refractivity contribution in [2.75, 3.05) is 24.3 Å². The van der Waals surface area contributed by atoms with E-state index in [0.717, 1.165) is 48.1 Å². The summed E-state index contributed by atoms with van der Waals surface area (Å²) in [5.74, 6) is 0.0518. The van der Waals surface area contributed by atoms with Crippen LogP contribution in [0.3, 0.4) is 0 Å². The van der Waals surface area contributed by atoms with Gasteiger partial charge in [-0.05, 0) is 44.1 Å². The quantitative estimate of drug-likeness (QED) is 0.496. The molecule has 1 saturated carbocycles. The van der Waals surface area contributed by atoms with E-state index >= 15 is 0 Å². The Morgan fingerprint density at radius 1 is 1.12 bits per heavy atom. The van der Waals surface area contributed by atoms with Crippen LogP contribution >= 0.6 is 0 Å². The Balaban J connectivity index is 1.54. The lowest BCUT2D eigenvalue weighted by Crippen LogP contribution is -2.50. The highest BCUT2D eigenvalue weighted by molar-refractivity contribution is 5.93. The molecule has 1 aliphatic carbocycles. The van der Waals surface area contributed by atoms with Crippen molar-refractivity contribution >= 4 is 34.4 Å². The molecule has 0 saturated heterocycles. The Labute approximate surface area is 189 Å². The third-order valence-electron chi connectivity index (χ3n) is 5.90. The van der Waals surface area contributed by atoms with Crippen LogP contribution in [0.25, 0.3) is 10.9 Å². The number of nitrogens with one attached hydrogen (secondary N) is 3. The van der Waals surface area contributed by atoms with Crippen LogP contribution in [0.2, 0.25) is 0 Å².